The molecule has 96 valence electrons. The summed E-state index contributed by atoms with van der Waals surface area (Å²) < 4.78 is 5.16. The second-order valence-electron chi connectivity index (χ2n) is 5.23. The lowest BCUT2D eigenvalue weighted by atomic mass is 9.80. The minimum Gasteiger partial charge on any atom is -0.393 e. The van der Waals surface area contributed by atoms with Gasteiger partial charge in [-0.05, 0) is 38.5 Å². The molecule has 1 aromatic heterocycles. The average molecular weight is 238 g/mol. The number of aromatic nitrogens is 2. The summed E-state index contributed by atoms with van der Waals surface area (Å²) in [7, 11) is 0. The first-order chi connectivity index (χ1) is 8.19. The number of rotatable bonds is 4. The van der Waals surface area contributed by atoms with Crippen molar-refractivity contribution in [3.8, 4) is 0 Å². The van der Waals surface area contributed by atoms with Crippen molar-refractivity contribution < 1.29 is 9.63 Å². The van der Waals surface area contributed by atoms with Gasteiger partial charge in [-0.15, -0.1) is 0 Å². The van der Waals surface area contributed by atoms with Gasteiger partial charge >= 0.3 is 0 Å². The van der Waals surface area contributed by atoms with Crippen molar-refractivity contribution in [2.24, 2.45) is 5.92 Å². The van der Waals surface area contributed by atoms with Crippen LogP contribution in [0.5, 0.6) is 0 Å². The van der Waals surface area contributed by atoms with E-state index in [0.717, 1.165) is 11.7 Å². The Hall–Kier alpha value is -0.900. The van der Waals surface area contributed by atoms with E-state index in [0.29, 0.717) is 18.2 Å². The summed E-state index contributed by atoms with van der Waals surface area (Å²) in [6, 6.07) is 0. The molecule has 1 aliphatic rings. The van der Waals surface area contributed by atoms with Crippen molar-refractivity contribution in [2.75, 3.05) is 0 Å². The molecule has 0 saturated heterocycles. The molecular weight excluding hydrogens is 216 g/mol. The summed E-state index contributed by atoms with van der Waals surface area (Å²) in [6.07, 6.45) is 6.23. The average Bonchev–Trinajstić information content (AvgIpc) is 2.77. The van der Waals surface area contributed by atoms with Gasteiger partial charge in [0, 0.05) is 5.92 Å². The quantitative estimate of drug-likeness (QED) is 0.876. The Morgan fingerprint density at radius 1 is 1.35 bits per heavy atom. The number of hydrogen-bond donors (Lipinski definition) is 1. The fourth-order valence-corrected chi connectivity index (χ4v) is 2.60. The van der Waals surface area contributed by atoms with Gasteiger partial charge in [-0.2, -0.15) is 4.98 Å². The van der Waals surface area contributed by atoms with Gasteiger partial charge in [0.2, 0.25) is 5.89 Å². The maximum absolute atomic E-state index is 9.26. The van der Waals surface area contributed by atoms with E-state index in [1.54, 1.807) is 6.92 Å². The van der Waals surface area contributed by atoms with Crippen molar-refractivity contribution in [1.82, 2.24) is 10.1 Å². The molecule has 0 spiro atoms. The lowest BCUT2D eigenvalue weighted by molar-refractivity contribution is 0.181. The third-order valence-electron chi connectivity index (χ3n) is 3.74. The van der Waals surface area contributed by atoms with Crippen molar-refractivity contribution in [3.63, 3.8) is 0 Å². The van der Waals surface area contributed by atoms with Gasteiger partial charge in [0.1, 0.15) is 0 Å². The van der Waals surface area contributed by atoms with Crippen LogP contribution in [-0.4, -0.2) is 21.4 Å². The smallest absolute Gasteiger partial charge is 0.229 e. The highest BCUT2D eigenvalue weighted by Crippen LogP contribution is 2.35. The fraction of sp³-hybridized carbons (Fsp3) is 0.846. The minimum absolute atomic E-state index is 0.417. The maximum Gasteiger partial charge on any atom is 0.229 e. The van der Waals surface area contributed by atoms with Crippen LogP contribution in [0.1, 0.15) is 63.6 Å². The first-order valence-electron chi connectivity index (χ1n) is 6.69. The number of aliphatic hydroxyl groups is 1. The molecule has 2 rings (SSSR count). The van der Waals surface area contributed by atoms with E-state index in [9.17, 15) is 5.11 Å². The molecule has 1 heterocycles. The molecule has 1 aromatic rings. The number of nitrogens with zero attached hydrogens (tertiary/aromatic N) is 2. The van der Waals surface area contributed by atoms with Crippen molar-refractivity contribution in [3.05, 3.63) is 11.7 Å². The highest BCUT2D eigenvalue weighted by atomic mass is 16.5. The van der Waals surface area contributed by atoms with E-state index in [1.165, 1.54) is 32.1 Å². The van der Waals surface area contributed by atoms with Crippen molar-refractivity contribution in [2.45, 2.75) is 64.4 Å². The summed E-state index contributed by atoms with van der Waals surface area (Å²) in [5.74, 6) is 2.75. The molecular formula is C13H22N2O2. The van der Waals surface area contributed by atoms with E-state index in [4.69, 9.17) is 4.52 Å². The Labute approximate surface area is 102 Å². The van der Waals surface area contributed by atoms with Gasteiger partial charge in [0.25, 0.3) is 0 Å². The zero-order chi connectivity index (χ0) is 12.3. The second-order valence-corrected chi connectivity index (χ2v) is 5.23. The van der Waals surface area contributed by atoms with Gasteiger partial charge in [-0.1, -0.05) is 18.5 Å². The molecule has 17 heavy (non-hydrogen) atoms. The van der Waals surface area contributed by atoms with Gasteiger partial charge < -0.3 is 9.63 Å². The zero-order valence-electron chi connectivity index (χ0n) is 10.7. The predicted molar refractivity (Wildman–Crippen MR) is 64.7 cm³/mol. The lowest BCUT2D eigenvalue weighted by Crippen LogP contribution is -2.13. The van der Waals surface area contributed by atoms with Crippen LogP contribution < -0.4 is 0 Å². The highest BCUT2D eigenvalue weighted by Gasteiger charge is 2.25. The van der Waals surface area contributed by atoms with Crippen molar-refractivity contribution in [1.29, 1.82) is 0 Å². The SMILES string of the molecule is CCC1CCC(c2noc(CC(C)O)n2)CC1. The fourth-order valence-electron chi connectivity index (χ4n) is 2.60. The van der Waals surface area contributed by atoms with E-state index in [1.807, 2.05) is 0 Å². The van der Waals surface area contributed by atoms with Gasteiger partial charge in [0.05, 0.1) is 12.5 Å². The third kappa shape index (κ3) is 3.28. The Morgan fingerprint density at radius 3 is 2.65 bits per heavy atom. The van der Waals surface area contributed by atoms with Gasteiger partial charge in [-0.25, -0.2) is 0 Å². The largest absolute Gasteiger partial charge is 0.393 e. The Balaban J connectivity index is 1.92. The lowest BCUT2D eigenvalue weighted by Gasteiger charge is -2.25. The molecule has 0 aromatic carbocycles. The van der Waals surface area contributed by atoms with Crippen LogP contribution in [0.25, 0.3) is 0 Å². The van der Waals surface area contributed by atoms with Crippen molar-refractivity contribution >= 4 is 0 Å². The normalized spacial score (nSPS) is 27.0. The topological polar surface area (TPSA) is 59.2 Å². The number of hydrogen-bond acceptors (Lipinski definition) is 4. The molecule has 0 aliphatic heterocycles. The summed E-state index contributed by atoms with van der Waals surface area (Å²) in [6.45, 7) is 4.00. The van der Waals surface area contributed by atoms with Gasteiger partial charge in [0.15, 0.2) is 5.82 Å². The van der Waals surface area contributed by atoms with E-state index < -0.39 is 6.10 Å². The summed E-state index contributed by atoms with van der Waals surface area (Å²) in [5.41, 5.74) is 0. The van der Waals surface area contributed by atoms with Crippen LogP contribution >= 0.6 is 0 Å². The highest BCUT2D eigenvalue weighted by molar-refractivity contribution is 4.98. The molecule has 1 fully saturated rings. The molecule has 0 bridgehead atoms. The maximum atomic E-state index is 9.26. The zero-order valence-corrected chi connectivity index (χ0v) is 10.7. The van der Waals surface area contributed by atoms with Crippen LogP contribution in [0.15, 0.2) is 4.52 Å². The Bertz CT molecular complexity index is 341. The molecule has 1 atom stereocenters. The molecule has 1 unspecified atom stereocenters. The Morgan fingerprint density at radius 2 is 2.06 bits per heavy atom. The third-order valence-corrected chi connectivity index (χ3v) is 3.74. The summed E-state index contributed by atoms with van der Waals surface area (Å²) in [4.78, 5) is 4.39. The predicted octanol–water partition coefficient (Wildman–Crippen LogP) is 2.68. The first-order valence-corrected chi connectivity index (χ1v) is 6.69. The van der Waals surface area contributed by atoms with Crippen LogP contribution in [0.2, 0.25) is 0 Å². The van der Waals surface area contributed by atoms with E-state index in [2.05, 4.69) is 17.1 Å². The van der Waals surface area contributed by atoms with Crippen LogP contribution in [0.4, 0.5) is 0 Å². The summed E-state index contributed by atoms with van der Waals surface area (Å²) >= 11 is 0. The molecule has 4 heteroatoms. The van der Waals surface area contributed by atoms with E-state index >= 15 is 0 Å². The van der Waals surface area contributed by atoms with Crippen LogP contribution in [0, 0.1) is 5.92 Å². The van der Waals surface area contributed by atoms with Crippen LogP contribution in [-0.2, 0) is 6.42 Å². The molecule has 1 N–H and O–H groups in total. The molecule has 1 aliphatic carbocycles. The molecule has 0 radical (unpaired) electrons. The van der Waals surface area contributed by atoms with Gasteiger partial charge in [-0.3, -0.25) is 0 Å². The van der Waals surface area contributed by atoms with Crippen LogP contribution in [0.3, 0.4) is 0 Å². The molecule has 4 nitrogen and oxygen atoms in total. The standard InChI is InChI=1S/C13H22N2O2/c1-3-10-4-6-11(7-5-10)13-14-12(17-15-13)8-9(2)16/h9-11,16H,3-8H2,1-2H3. The summed E-state index contributed by atoms with van der Waals surface area (Å²) in [5, 5.41) is 13.3. The number of aliphatic hydroxyl groups excluding tert-OH is 1. The van der Waals surface area contributed by atoms with E-state index in [-0.39, 0.29) is 0 Å². The molecule has 0 amide bonds. The first kappa shape index (κ1) is 12.6. The molecule has 1 saturated carbocycles. The minimum atomic E-state index is -0.417. The monoisotopic (exact) mass is 238 g/mol. The second kappa shape index (κ2) is 5.63. The Kier molecular flexibility index (Phi) is 4.15.